The number of para-hydroxylation sites is 1. The summed E-state index contributed by atoms with van der Waals surface area (Å²) in [6.07, 6.45) is 0.818. The van der Waals surface area contributed by atoms with E-state index in [1.165, 1.54) is 22.7 Å². The Morgan fingerprint density at radius 2 is 1.82 bits per heavy atom. The number of aryl methyl sites for hydroxylation is 1. The molecule has 40 heavy (non-hydrogen) atoms. The van der Waals surface area contributed by atoms with Crippen LogP contribution in [0.4, 0.5) is 9.52 Å². The van der Waals surface area contributed by atoms with E-state index in [4.69, 9.17) is 4.42 Å². The number of aromatic nitrogens is 2. The fourth-order valence-electron chi connectivity index (χ4n) is 4.63. The number of Topliss-reactive ketones (excluding diaryl/α,β-unsaturated/α-hetero) is 1. The molecule has 1 amide bonds. The number of rotatable bonds is 8. The zero-order valence-corrected chi connectivity index (χ0v) is 22.8. The van der Waals surface area contributed by atoms with Crippen molar-refractivity contribution in [2.45, 2.75) is 29.5 Å². The molecule has 1 aliphatic heterocycles. The molecule has 200 valence electrons. The predicted molar refractivity (Wildman–Crippen MR) is 152 cm³/mol. The molecule has 0 aliphatic carbocycles. The Labute approximate surface area is 237 Å². The second-order valence-electron chi connectivity index (χ2n) is 9.14. The van der Waals surface area contributed by atoms with E-state index < -0.39 is 23.5 Å². The predicted octanol–water partition coefficient (Wildman–Crippen LogP) is 7.06. The third-order valence-corrected chi connectivity index (χ3v) is 8.82. The maximum absolute atomic E-state index is 14.1. The SMILES string of the molecule is CCc1ccc(C2C(C(=O)c3cc4ccccc4o3)=C(O)C(=O)N2c2nnc(SCc3ccccc3F)s2)cc1. The first-order chi connectivity index (χ1) is 19.4. The standard InChI is InChI=1S/C30H22FN3O4S2/c1-2-17-11-13-18(14-12-17)25-24(26(35)23-15-19-7-4-6-10-22(19)38-23)27(36)28(37)34(25)29-32-33-30(40-29)39-16-20-8-3-5-9-21(20)31/h3-15,25,36H,2,16H2,1H3. The van der Waals surface area contributed by atoms with Gasteiger partial charge in [0.2, 0.25) is 10.9 Å². The van der Waals surface area contributed by atoms with Gasteiger partial charge in [0.05, 0.1) is 11.6 Å². The molecule has 10 heteroatoms. The molecule has 3 aromatic carbocycles. The van der Waals surface area contributed by atoms with Crippen LogP contribution < -0.4 is 4.90 Å². The van der Waals surface area contributed by atoms with E-state index in [1.54, 1.807) is 36.4 Å². The Hall–Kier alpha value is -4.28. The van der Waals surface area contributed by atoms with Crippen molar-refractivity contribution in [1.29, 1.82) is 0 Å². The van der Waals surface area contributed by atoms with Crippen LogP contribution in [0.2, 0.25) is 0 Å². The minimum Gasteiger partial charge on any atom is -0.503 e. The van der Waals surface area contributed by atoms with Gasteiger partial charge in [-0.1, -0.05) is 90.7 Å². The molecule has 6 rings (SSSR count). The van der Waals surface area contributed by atoms with Crippen molar-refractivity contribution in [1.82, 2.24) is 10.2 Å². The number of amides is 1. The van der Waals surface area contributed by atoms with Gasteiger partial charge < -0.3 is 9.52 Å². The molecule has 0 saturated carbocycles. The second kappa shape index (κ2) is 10.7. The maximum atomic E-state index is 14.1. The number of aliphatic hydroxyl groups is 1. The highest BCUT2D eigenvalue weighted by molar-refractivity contribution is 8.00. The number of nitrogens with zero attached hydrogens (tertiary/aromatic N) is 3. The van der Waals surface area contributed by atoms with Crippen LogP contribution in [0, 0.1) is 5.82 Å². The Morgan fingerprint density at radius 3 is 2.58 bits per heavy atom. The van der Waals surface area contributed by atoms with E-state index in [0.717, 1.165) is 28.7 Å². The van der Waals surface area contributed by atoms with Gasteiger partial charge in [0.1, 0.15) is 11.4 Å². The van der Waals surface area contributed by atoms with Crippen molar-refractivity contribution >= 4 is 50.9 Å². The van der Waals surface area contributed by atoms with Crippen molar-refractivity contribution in [3.05, 3.63) is 118 Å². The Kier molecular flexibility index (Phi) is 6.95. The molecular weight excluding hydrogens is 549 g/mol. The molecule has 1 atom stereocenters. The summed E-state index contributed by atoms with van der Waals surface area (Å²) in [5, 5.41) is 20.4. The second-order valence-corrected chi connectivity index (χ2v) is 11.3. The summed E-state index contributed by atoms with van der Waals surface area (Å²) in [4.78, 5) is 28.6. The number of halogens is 1. The molecule has 0 saturated heterocycles. The molecule has 0 radical (unpaired) electrons. The van der Waals surface area contributed by atoms with E-state index >= 15 is 0 Å². The van der Waals surface area contributed by atoms with Gasteiger partial charge in [0, 0.05) is 11.1 Å². The van der Waals surface area contributed by atoms with Gasteiger partial charge in [-0.25, -0.2) is 4.39 Å². The van der Waals surface area contributed by atoms with Crippen LogP contribution in [0.25, 0.3) is 11.0 Å². The molecular formula is C30H22FN3O4S2. The van der Waals surface area contributed by atoms with Crippen LogP contribution in [-0.4, -0.2) is 27.0 Å². The first-order valence-electron chi connectivity index (χ1n) is 12.5. The van der Waals surface area contributed by atoms with E-state index in [0.29, 0.717) is 26.8 Å². The fraction of sp³-hybridized carbons (Fsp3) is 0.133. The monoisotopic (exact) mass is 571 g/mol. The topological polar surface area (TPSA) is 96.5 Å². The molecule has 5 aromatic rings. The number of hydrogen-bond donors (Lipinski definition) is 1. The average Bonchev–Trinajstić information content (AvgIpc) is 3.69. The highest BCUT2D eigenvalue weighted by Crippen LogP contribution is 2.44. The number of fused-ring (bicyclic) bond motifs is 1. The number of furan rings is 1. The lowest BCUT2D eigenvalue weighted by Crippen LogP contribution is -2.31. The third-order valence-electron chi connectivity index (χ3n) is 6.72. The van der Waals surface area contributed by atoms with Gasteiger partial charge in [-0.3, -0.25) is 14.5 Å². The van der Waals surface area contributed by atoms with Gasteiger partial charge in [0.15, 0.2) is 15.9 Å². The largest absolute Gasteiger partial charge is 0.503 e. The van der Waals surface area contributed by atoms with Gasteiger partial charge in [-0.05, 0) is 41.3 Å². The lowest BCUT2D eigenvalue weighted by Gasteiger charge is -2.24. The maximum Gasteiger partial charge on any atom is 0.296 e. The number of carbonyl (C=O) groups excluding carboxylic acids is 2. The average molecular weight is 572 g/mol. The molecule has 3 heterocycles. The minimum absolute atomic E-state index is 0.0194. The van der Waals surface area contributed by atoms with Gasteiger partial charge in [-0.15, -0.1) is 10.2 Å². The molecule has 1 unspecified atom stereocenters. The smallest absolute Gasteiger partial charge is 0.296 e. The summed E-state index contributed by atoms with van der Waals surface area (Å²) >= 11 is 2.42. The molecule has 7 nitrogen and oxygen atoms in total. The zero-order chi connectivity index (χ0) is 27.8. The Balaban J connectivity index is 1.37. The van der Waals surface area contributed by atoms with Gasteiger partial charge in [0.25, 0.3) is 5.91 Å². The number of anilines is 1. The molecule has 1 aliphatic rings. The van der Waals surface area contributed by atoms with E-state index in [9.17, 15) is 19.1 Å². The van der Waals surface area contributed by atoms with Gasteiger partial charge in [-0.2, -0.15) is 0 Å². The normalized spacial score (nSPS) is 15.4. The fourth-order valence-corrected chi connectivity index (χ4v) is 6.48. The van der Waals surface area contributed by atoms with Crippen molar-refractivity contribution in [3.8, 4) is 0 Å². The van der Waals surface area contributed by atoms with Crippen molar-refractivity contribution in [3.63, 3.8) is 0 Å². The van der Waals surface area contributed by atoms with Crippen LogP contribution >= 0.6 is 23.1 Å². The van der Waals surface area contributed by atoms with Crippen LogP contribution in [0.1, 0.15) is 40.2 Å². The summed E-state index contributed by atoms with van der Waals surface area (Å²) in [5.74, 6) is -1.97. The van der Waals surface area contributed by atoms with Crippen molar-refractivity contribution < 1.29 is 23.5 Å². The Bertz CT molecular complexity index is 1740. The van der Waals surface area contributed by atoms with E-state index in [1.807, 2.05) is 43.3 Å². The summed E-state index contributed by atoms with van der Waals surface area (Å²) in [6.45, 7) is 2.03. The third kappa shape index (κ3) is 4.69. The quantitative estimate of drug-likeness (QED) is 0.121. The summed E-state index contributed by atoms with van der Waals surface area (Å²) in [7, 11) is 0. The molecule has 0 bridgehead atoms. The van der Waals surface area contributed by atoms with E-state index in [2.05, 4.69) is 10.2 Å². The number of hydrogen-bond acceptors (Lipinski definition) is 8. The highest BCUT2D eigenvalue weighted by atomic mass is 32.2. The van der Waals surface area contributed by atoms with Crippen LogP contribution in [0.15, 0.2) is 99.0 Å². The van der Waals surface area contributed by atoms with Crippen molar-refractivity contribution in [2.24, 2.45) is 0 Å². The number of carbonyl (C=O) groups is 2. The first-order valence-corrected chi connectivity index (χ1v) is 14.3. The highest BCUT2D eigenvalue weighted by Gasteiger charge is 2.46. The van der Waals surface area contributed by atoms with Crippen LogP contribution in [-0.2, 0) is 17.0 Å². The minimum atomic E-state index is -0.948. The number of aliphatic hydroxyl groups excluding tert-OH is 1. The lowest BCUT2D eigenvalue weighted by molar-refractivity contribution is -0.117. The molecule has 0 spiro atoms. The summed E-state index contributed by atoms with van der Waals surface area (Å²) < 4.78 is 20.4. The molecule has 1 N–H and O–H groups in total. The van der Waals surface area contributed by atoms with E-state index in [-0.39, 0.29) is 22.3 Å². The first kappa shape index (κ1) is 26.0. The number of benzene rings is 3. The van der Waals surface area contributed by atoms with Crippen LogP contribution in [0.5, 0.6) is 0 Å². The Morgan fingerprint density at radius 1 is 1.07 bits per heavy atom. The lowest BCUT2D eigenvalue weighted by atomic mass is 9.94. The summed E-state index contributed by atoms with van der Waals surface area (Å²) in [6, 6.07) is 21.8. The molecule has 2 aromatic heterocycles. The number of thioether (sulfide) groups is 1. The number of ketones is 1. The zero-order valence-electron chi connectivity index (χ0n) is 21.2. The van der Waals surface area contributed by atoms with Crippen LogP contribution in [0.3, 0.4) is 0 Å². The molecule has 0 fully saturated rings. The summed E-state index contributed by atoms with van der Waals surface area (Å²) in [5.41, 5.74) is 2.67. The van der Waals surface area contributed by atoms with Gasteiger partial charge >= 0.3 is 0 Å². The van der Waals surface area contributed by atoms with Crippen molar-refractivity contribution in [2.75, 3.05) is 4.90 Å².